The van der Waals surface area contributed by atoms with Gasteiger partial charge >= 0.3 is 5.63 Å². The Morgan fingerprint density at radius 3 is 2.63 bits per heavy atom. The molecule has 27 heavy (non-hydrogen) atoms. The van der Waals surface area contributed by atoms with Crippen LogP contribution in [0.4, 0.5) is 0 Å². The summed E-state index contributed by atoms with van der Waals surface area (Å²) >= 11 is 1.95. The normalized spacial score (nSPS) is 21.6. The molecule has 2 aromatic rings. The van der Waals surface area contributed by atoms with E-state index in [0.717, 1.165) is 49.7 Å². The average molecular weight is 387 g/mol. The molecule has 0 saturated carbocycles. The predicted molar refractivity (Wildman–Crippen MR) is 108 cm³/mol. The molecule has 0 aliphatic carbocycles. The van der Waals surface area contributed by atoms with E-state index in [2.05, 4.69) is 34.1 Å². The first-order chi connectivity index (χ1) is 13.2. The molecule has 1 N–H and O–H groups in total. The molecule has 0 bridgehead atoms. The first kappa shape index (κ1) is 18.6. The molecule has 1 atom stereocenters. The summed E-state index contributed by atoms with van der Waals surface area (Å²) in [4.78, 5) is 16.8. The molecule has 4 rings (SSSR count). The topological polar surface area (TPSA) is 56.9 Å². The van der Waals surface area contributed by atoms with Crippen LogP contribution in [0, 0.1) is 0 Å². The van der Waals surface area contributed by atoms with Gasteiger partial charge in [-0.05, 0) is 24.4 Å². The Morgan fingerprint density at radius 1 is 1.07 bits per heavy atom. The molecular weight excluding hydrogens is 360 g/mol. The van der Waals surface area contributed by atoms with Crippen molar-refractivity contribution in [3.63, 3.8) is 0 Å². The minimum absolute atomic E-state index is 0.118. The quantitative estimate of drug-likeness (QED) is 0.853. The summed E-state index contributed by atoms with van der Waals surface area (Å²) in [6.45, 7) is 4.91. The Kier molecular flexibility index (Phi) is 5.86. The van der Waals surface area contributed by atoms with Crippen molar-refractivity contribution in [1.29, 1.82) is 0 Å². The molecule has 0 radical (unpaired) electrons. The van der Waals surface area contributed by atoms with E-state index in [1.807, 2.05) is 17.8 Å². The Hall–Kier alpha value is -1.76. The number of thioether (sulfide) groups is 1. The van der Waals surface area contributed by atoms with Crippen LogP contribution in [0.2, 0.25) is 0 Å². The van der Waals surface area contributed by atoms with Crippen LogP contribution < -0.4 is 5.63 Å². The lowest BCUT2D eigenvalue weighted by molar-refractivity contribution is 0.278. The number of aromatic hydroxyl groups is 1. The van der Waals surface area contributed by atoms with Crippen LogP contribution in [0.3, 0.4) is 0 Å². The summed E-state index contributed by atoms with van der Waals surface area (Å²) in [6, 6.07) is 10.5. The van der Waals surface area contributed by atoms with Crippen molar-refractivity contribution in [3.05, 3.63) is 63.7 Å². The number of hydrogen-bond acceptors (Lipinski definition) is 6. The second kappa shape index (κ2) is 8.50. The fourth-order valence-electron chi connectivity index (χ4n) is 3.99. The van der Waals surface area contributed by atoms with E-state index in [4.69, 9.17) is 4.42 Å². The van der Waals surface area contributed by atoms with Crippen molar-refractivity contribution in [2.75, 3.05) is 37.7 Å². The summed E-state index contributed by atoms with van der Waals surface area (Å²) in [6.07, 6.45) is 2.50. The zero-order valence-electron chi connectivity index (χ0n) is 15.5. The fourth-order valence-corrected chi connectivity index (χ4v) is 4.97. The third-order valence-corrected chi connectivity index (χ3v) is 6.51. The van der Waals surface area contributed by atoms with Gasteiger partial charge in [-0.3, -0.25) is 9.80 Å². The molecule has 1 aromatic carbocycles. The molecule has 3 heterocycles. The van der Waals surface area contributed by atoms with Crippen LogP contribution >= 0.6 is 11.8 Å². The van der Waals surface area contributed by atoms with Gasteiger partial charge in [-0.25, -0.2) is 4.79 Å². The molecule has 0 amide bonds. The average Bonchev–Trinajstić information content (AvgIpc) is 3.18. The van der Waals surface area contributed by atoms with E-state index >= 15 is 0 Å². The standard InChI is InChI=1S/C21H26N2O3S/c24-20-18(13-22-8-10-27-11-9-22)15-26-21(25)19(20)14-23-7-6-17(12-23)16-4-2-1-3-5-16/h1-5,15,17,24H,6-14H2/t17-/m1/s1. The smallest absolute Gasteiger partial charge is 0.343 e. The number of benzene rings is 1. The lowest BCUT2D eigenvalue weighted by Crippen LogP contribution is -2.32. The van der Waals surface area contributed by atoms with E-state index in [1.165, 1.54) is 11.8 Å². The van der Waals surface area contributed by atoms with Gasteiger partial charge in [0.2, 0.25) is 0 Å². The summed E-state index contributed by atoms with van der Waals surface area (Å²) < 4.78 is 5.26. The highest BCUT2D eigenvalue weighted by Gasteiger charge is 2.26. The second-order valence-corrected chi connectivity index (χ2v) is 8.62. The molecule has 2 saturated heterocycles. The van der Waals surface area contributed by atoms with E-state index < -0.39 is 5.63 Å². The number of nitrogens with zero attached hydrogens (tertiary/aromatic N) is 2. The van der Waals surface area contributed by atoms with Crippen LogP contribution in [0.15, 0.2) is 45.8 Å². The SMILES string of the molecule is O=c1occ(CN2CCSCC2)c(O)c1CN1CC[C@@H](c2ccccc2)C1. The van der Waals surface area contributed by atoms with Gasteiger partial charge in [-0.1, -0.05) is 30.3 Å². The number of hydrogen-bond donors (Lipinski definition) is 1. The maximum absolute atomic E-state index is 12.3. The Morgan fingerprint density at radius 2 is 1.85 bits per heavy atom. The largest absolute Gasteiger partial charge is 0.507 e. The Balaban J connectivity index is 1.45. The first-order valence-corrected chi connectivity index (χ1v) is 10.8. The molecule has 0 unspecified atom stereocenters. The first-order valence-electron chi connectivity index (χ1n) is 9.60. The van der Waals surface area contributed by atoms with Crippen molar-refractivity contribution in [2.45, 2.75) is 25.4 Å². The summed E-state index contributed by atoms with van der Waals surface area (Å²) in [7, 11) is 0. The summed E-state index contributed by atoms with van der Waals surface area (Å²) in [5.74, 6) is 2.82. The van der Waals surface area contributed by atoms with Crippen LogP contribution in [-0.2, 0) is 13.1 Å². The fraction of sp³-hybridized carbons (Fsp3) is 0.476. The molecule has 144 valence electrons. The molecule has 2 aliphatic rings. The molecule has 2 fully saturated rings. The van der Waals surface area contributed by atoms with E-state index in [-0.39, 0.29) is 5.75 Å². The molecule has 5 nitrogen and oxygen atoms in total. The second-order valence-electron chi connectivity index (χ2n) is 7.40. The van der Waals surface area contributed by atoms with Crippen LogP contribution in [0.1, 0.15) is 29.0 Å². The van der Waals surface area contributed by atoms with Crippen LogP contribution in [0.5, 0.6) is 5.75 Å². The van der Waals surface area contributed by atoms with Crippen molar-refractivity contribution in [3.8, 4) is 5.75 Å². The molecule has 2 aliphatic heterocycles. The molecule has 1 aromatic heterocycles. The van der Waals surface area contributed by atoms with Crippen LogP contribution in [0.25, 0.3) is 0 Å². The number of rotatable bonds is 5. The van der Waals surface area contributed by atoms with Crippen molar-refractivity contribution in [2.24, 2.45) is 0 Å². The Labute approximate surface area is 164 Å². The van der Waals surface area contributed by atoms with Gasteiger partial charge in [0, 0.05) is 49.8 Å². The third-order valence-electron chi connectivity index (χ3n) is 5.57. The highest BCUT2D eigenvalue weighted by Crippen LogP contribution is 2.30. The highest BCUT2D eigenvalue weighted by atomic mass is 32.2. The van der Waals surface area contributed by atoms with Gasteiger partial charge in [0.25, 0.3) is 0 Å². The predicted octanol–water partition coefficient (Wildman–Crippen LogP) is 2.88. The Bertz CT molecular complexity index is 818. The zero-order chi connectivity index (χ0) is 18.6. The van der Waals surface area contributed by atoms with E-state index in [0.29, 0.717) is 24.6 Å². The lowest BCUT2D eigenvalue weighted by Gasteiger charge is -2.26. The minimum Gasteiger partial charge on any atom is -0.507 e. The van der Waals surface area contributed by atoms with Gasteiger partial charge < -0.3 is 9.52 Å². The maximum Gasteiger partial charge on any atom is 0.343 e. The van der Waals surface area contributed by atoms with Crippen molar-refractivity contribution >= 4 is 11.8 Å². The van der Waals surface area contributed by atoms with E-state index in [1.54, 1.807) is 0 Å². The molecule has 6 heteroatoms. The molecular formula is C21H26N2O3S. The summed E-state index contributed by atoms with van der Waals surface area (Å²) in [5, 5.41) is 10.7. The zero-order valence-corrected chi connectivity index (χ0v) is 16.3. The maximum atomic E-state index is 12.3. The van der Waals surface area contributed by atoms with Gasteiger partial charge in [0.1, 0.15) is 12.0 Å². The highest BCUT2D eigenvalue weighted by molar-refractivity contribution is 7.99. The van der Waals surface area contributed by atoms with Gasteiger partial charge in [0.05, 0.1) is 5.56 Å². The van der Waals surface area contributed by atoms with E-state index in [9.17, 15) is 9.90 Å². The monoisotopic (exact) mass is 386 g/mol. The van der Waals surface area contributed by atoms with Gasteiger partial charge in [0.15, 0.2) is 0 Å². The van der Waals surface area contributed by atoms with Crippen molar-refractivity contribution < 1.29 is 9.52 Å². The lowest BCUT2D eigenvalue weighted by atomic mass is 9.99. The molecule has 0 spiro atoms. The third kappa shape index (κ3) is 4.39. The van der Waals surface area contributed by atoms with Crippen LogP contribution in [-0.4, -0.2) is 52.6 Å². The van der Waals surface area contributed by atoms with Gasteiger partial charge in [-0.15, -0.1) is 0 Å². The number of likely N-dealkylation sites (tertiary alicyclic amines) is 1. The summed E-state index contributed by atoms with van der Waals surface area (Å²) in [5.41, 5.74) is 2.03. The van der Waals surface area contributed by atoms with Gasteiger partial charge in [-0.2, -0.15) is 11.8 Å². The van der Waals surface area contributed by atoms with Crippen molar-refractivity contribution in [1.82, 2.24) is 9.80 Å². The minimum atomic E-state index is -0.423.